The van der Waals surface area contributed by atoms with Gasteiger partial charge in [-0.3, -0.25) is 0 Å². The lowest BCUT2D eigenvalue weighted by Gasteiger charge is -2.03. The summed E-state index contributed by atoms with van der Waals surface area (Å²) in [7, 11) is 0. The normalized spacial score (nSPS) is 11.2. The predicted molar refractivity (Wildman–Crippen MR) is 63.9 cm³/mol. The highest BCUT2D eigenvalue weighted by Gasteiger charge is 2.19. The highest BCUT2D eigenvalue weighted by Crippen LogP contribution is 2.25. The second-order valence-corrected chi connectivity index (χ2v) is 4.71. The Kier molecular flexibility index (Phi) is 2.71. The average Bonchev–Trinajstić information content (AvgIpc) is 2.58. The maximum absolute atomic E-state index is 11.1. The molecule has 0 bridgehead atoms. The van der Waals surface area contributed by atoms with Crippen LogP contribution in [0.3, 0.4) is 0 Å². The van der Waals surface area contributed by atoms with Gasteiger partial charge in [-0.05, 0) is 28.1 Å². The highest BCUT2D eigenvalue weighted by atomic mass is 79.9. The molecule has 0 unspecified atom stereocenters. The highest BCUT2D eigenvalue weighted by molar-refractivity contribution is 9.10. The van der Waals surface area contributed by atoms with Crippen LogP contribution in [0.5, 0.6) is 0 Å². The molecule has 2 aromatic heterocycles. The second kappa shape index (κ2) is 3.90. The van der Waals surface area contributed by atoms with Crippen molar-refractivity contribution < 1.29 is 9.90 Å². The fourth-order valence-electron chi connectivity index (χ4n) is 1.68. The Morgan fingerprint density at radius 1 is 1.56 bits per heavy atom. The van der Waals surface area contributed by atoms with Gasteiger partial charge in [-0.1, -0.05) is 13.8 Å². The third-order valence-electron chi connectivity index (χ3n) is 2.36. The lowest BCUT2D eigenvalue weighted by molar-refractivity contribution is 0.0693. The number of halogens is 1. The number of carbonyl (C=O) groups is 1. The lowest BCUT2D eigenvalue weighted by atomic mass is 10.2. The first kappa shape index (κ1) is 11.1. The molecule has 0 aliphatic rings. The maximum Gasteiger partial charge on any atom is 0.356 e. The Morgan fingerprint density at radius 3 is 2.81 bits per heavy atom. The van der Waals surface area contributed by atoms with E-state index >= 15 is 0 Å². The molecular weight excluding hydrogens is 272 g/mol. The molecule has 0 aliphatic heterocycles. The van der Waals surface area contributed by atoms with Gasteiger partial charge in [0, 0.05) is 16.6 Å². The summed E-state index contributed by atoms with van der Waals surface area (Å²) >= 11 is 3.35. The molecule has 84 valence electrons. The minimum absolute atomic E-state index is 0.0937. The molecule has 0 amide bonds. The van der Waals surface area contributed by atoms with Gasteiger partial charge < -0.3 is 9.51 Å². The monoisotopic (exact) mass is 282 g/mol. The van der Waals surface area contributed by atoms with Crippen molar-refractivity contribution >= 4 is 27.4 Å². The summed E-state index contributed by atoms with van der Waals surface area (Å²) in [6.45, 7) is 3.97. The number of nitrogens with zero attached hydrogens (tertiary/aromatic N) is 2. The molecule has 0 aliphatic carbocycles. The van der Waals surface area contributed by atoms with Crippen molar-refractivity contribution in [2.24, 2.45) is 0 Å². The number of carboxylic acid groups (broad SMARTS) is 1. The number of pyridine rings is 1. The number of hydrogen-bond acceptors (Lipinski definition) is 2. The van der Waals surface area contributed by atoms with Crippen LogP contribution in [0.25, 0.3) is 5.52 Å². The summed E-state index contributed by atoms with van der Waals surface area (Å²) < 4.78 is 2.56. The second-order valence-electron chi connectivity index (χ2n) is 3.85. The molecule has 0 atom stereocenters. The van der Waals surface area contributed by atoms with Gasteiger partial charge >= 0.3 is 5.97 Å². The van der Waals surface area contributed by atoms with Crippen molar-refractivity contribution in [3.8, 4) is 0 Å². The number of aromatic carboxylic acids is 1. The van der Waals surface area contributed by atoms with Crippen LogP contribution in [-0.2, 0) is 0 Å². The molecule has 4 nitrogen and oxygen atoms in total. The van der Waals surface area contributed by atoms with Crippen molar-refractivity contribution in [1.82, 2.24) is 9.38 Å². The van der Waals surface area contributed by atoms with Crippen LogP contribution in [0.15, 0.2) is 22.8 Å². The smallest absolute Gasteiger partial charge is 0.356 e. The number of fused-ring (bicyclic) bond motifs is 1. The van der Waals surface area contributed by atoms with Crippen molar-refractivity contribution in [3.05, 3.63) is 34.3 Å². The number of aromatic nitrogens is 2. The SMILES string of the molecule is CC(C)c1nc(C(=O)O)c2c(Br)cccn12. The molecule has 0 aromatic carbocycles. The van der Waals surface area contributed by atoms with Crippen molar-refractivity contribution in [2.75, 3.05) is 0 Å². The van der Waals surface area contributed by atoms with Gasteiger partial charge in [-0.15, -0.1) is 0 Å². The van der Waals surface area contributed by atoms with E-state index in [1.165, 1.54) is 0 Å². The summed E-state index contributed by atoms with van der Waals surface area (Å²) in [5, 5.41) is 9.11. The van der Waals surface area contributed by atoms with Crippen LogP contribution < -0.4 is 0 Å². The first-order chi connectivity index (χ1) is 7.52. The van der Waals surface area contributed by atoms with E-state index in [0.717, 1.165) is 10.3 Å². The van der Waals surface area contributed by atoms with E-state index in [4.69, 9.17) is 5.11 Å². The van der Waals surface area contributed by atoms with Crippen LogP contribution in [0.4, 0.5) is 0 Å². The van der Waals surface area contributed by atoms with Crippen LogP contribution in [0.2, 0.25) is 0 Å². The van der Waals surface area contributed by atoms with Gasteiger partial charge in [0.2, 0.25) is 0 Å². The zero-order valence-corrected chi connectivity index (χ0v) is 10.5. The van der Waals surface area contributed by atoms with Crippen LogP contribution in [0.1, 0.15) is 36.1 Å². The summed E-state index contributed by atoms with van der Waals surface area (Å²) in [4.78, 5) is 15.3. The fourth-order valence-corrected chi connectivity index (χ4v) is 2.21. The van der Waals surface area contributed by atoms with E-state index in [1.54, 1.807) is 0 Å². The van der Waals surface area contributed by atoms with Gasteiger partial charge in [0.15, 0.2) is 5.69 Å². The maximum atomic E-state index is 11.1. The number of rotatable bonds is 2. The summed E-state index contributed by atoms with van der Waals surface area (Å²) in [5.41, 5.74) is 0.704. The Balaban J connectivity index is 2.87. The number of hydrogen-bond donors (Lipinski definition) is 1. The third-order valence-corrected chi connectivity index (χ3v) is 3.00. The van der Waals surface area contributed by atoms with Gasteiger partial charge in [0.25, 0.3) is 0 Å². The van der Waals surface area contributed by atoms with Crippen LogP contribution >= 0.6 is 15.9 Å². The van der Waals surface area contributed by atoms with Gasteiger partial charge in [0.05, 0.1) is 5.52 Å². The van der Waals surface area contributed by atoms with Crippen molar-refractivity contribution in [3.63, 3.8) is 0 Å². The molecule has 0 radical (unpaired) electrons. The first-order valence-electron chi connectivity index (χ1n) is 4.92. The van der Waals surface area contributed by atoms with Crippen LogP contribution in [0, 0.1) is 0 Å². The fraction of sp³-hybridized carbons (Fsp3) is 0.273. The molecular formula is C11H11BrN2O2. The Labute approximate surface area is 101 Å². The standard InChI is InChI=1S/C11H11BrN2O2/c1-6(2)10-13-8(11(15)16)9-7(12)4-3-5-14(9)10/h3-6H,1-2H3,(H,15,16). The minimum atomic E-state index is -1.00. The molecule has 2 heterocycles. The number of carboxylic acids is 1. The third kappa shape index (κ3) is 1.61. The average molecular weight is 283 g/mol. The lowest BCUT2D eigenvalue weighted by Crippen LogP contribution is -1.98. The van der Waals surface area contributed by atoms with Gasteiger partial charge in [-0.25, -0.2) is 9.78 Å². The summed E-state index contributed by atoms with van der Waals surface area (Å²) in [6, 6.07) is 3.67. The minimum Gasteiger partial charge on any atom is -0.476 e. The van der Waals surface area contributed by atoms with E-state index in [9.17, 15) is 4.79 Å². The quantitative estimate of drug-likeness (QED) is 0.922. The molecule has 0 fully saturated rings. The zero-order valence-electron chi connectivity index (χ0n) is 8.94. The van der Waals surface area contributed by atoms with Gasteiger partial charge in [0.1, 0.15) is 5.82 Å². The predicted octanol–water partition coefficient (Wildman–Crippen LogP) is 2.92. The van der Waals surface area contributed by atoms with E-state index in [2.05, 4.69) is 20.9 Å². The molecule has 2 aromatic rings. The Hall–Kier alpha value is -1.36. The van der Waals surface area contributed by atoms with E-state index in [1.807, 2.05) is 36.6 Å². The Morgan fingerprint density at radius 2 is 2.25 bits per heavy atom. The van der Waals surface area contributed by atoms with Gasteiger partial charge in [-0.2, -0.15) is 0 Å². The molecule has 16 heavy (non-hydrogen) atoms. The van der Waals surface area contributed by atoms with E-state index in [-0.39, 0.29) is 11.6 Å². The van der Waals surface area contributed by atoms with E-state index < -0.39 is 5.97 Å². The molecule has 0 spiro atoms. The molecule has 5 heteroatoms. The molecule has 0 saturated heterocycles. The van der Waals surface area contributed by atoms with E-state index in [0.29, 0.717) is 5.52 Å². The zero-order chi connectivity index (χ0) is 11.9. The largest absolute Gasteiger partial charge is 0.476 e. The number of imidazole rings is 1. The molecule has 1 N–H and O–H groups in total. The van der Waals surface area contributed by atoms with Crippen molar-refractivity contribution in [1.29, 1.82) is 0 Å². The van der Waals surface area contributed by atoms with Crippen molar-refractivity contribution in [2.45, 2.75) is 19.8 Å². The topological polar surface area (TPSA) is 54.6 Å². The summed E-state index contributed by atoms with van der Waals surface area (Å²) in [6.07, 6.45) is 1.83. The molecule has 2 rings (SSSR count). The Bertz CT molecular complexity index is 560. The van der Waals surface area contributed by atoms with Crippen LogP contribution in [-0.4, -0.2) is 20.5 Å². The summed E-state index contributed by atoms with van der Waals surface area (Å²) in [5.74, 6) is -0.0695. The first-order valence-corrected chi connectivity index (χ1v) is 5.71. The molecule has 0 saturated carbocycles.